The molecule has 0 bridgehead atoms. The minimum Gasteiger partial charge on any atom is -0.452 e. The molecule has 1 aromatic heterocycles. The zero-order valence-corrected chi connectivity index (χ0v) is 20.2. The fraction of sp³-hybridized carbons (Fsp3) is 0.500. The molecule has 1 aliphatic rings. The van der Waals surface area contributed by atoms with Crippen molar-refractivity contribution in [1.29, 1.82) is 0 Å². The number of carbonyl (C=O) groups excluding carboxylic acids is 2. The predicted molar refractivity (Wildman–Crippen MR) is 126 cm³/mol. The standard InChI is InChI=1S/C24H33N3O6S/c1-25-22(29)13-14-23(30)26-20(12-11-18-6-3-2-4-7-18)21(28)17-27(16-19-9-10-19)34(31,32)24-8-5-15-33-24/h2-8,15,19-21,28H,9-14,16-17H2,1H3,(H,25,29)(H,26,30)/t20-,21+/m0/s1. The molecule has 10 heteroatoms. The summed E-state index contributed by atoms with van der Waals surface area (Å²) in [5.41, 5.74) is 1.04. The van der Waals surface area contributed by atoms with Gasteiger partial charge in [0.05, 0.1) is 18.4 Å². The number of aliphatic hydroxyl groups excluding tert-OH is 1. The summed E-state index contributed by atoms with van der Waals surface area (Å²) in [7, 11) is -2.42. The highest BCUT2D eigenvalue weighted by Gasteiger charge is 2.36. The normalized spacial score (nSPS) is 15.6. The van der Waals surface area contributed by atoms with E-state index in [1.54, 1.807) is 0 Å². The van der Waals surface area contributed by atoms with Gasteiger partial charge in [0, 0.05) is 33.0 Å². The van der Waals surface area contributed by atoms with Crippen molar-refractivity contribution < 1.29 is 27.5 Å². The SMILES string of the molecule is CNC(=O)CCC(=O)N[C@@H](CCc1ccccc1)[C@H](O)CN(CC1CC1)S(=O)(=O)c1ccco1. The lowest BCUT2D eigenvalue weighted by Gasteiger charge is -2.29. The highest BCUT2D eigenvalue weighted by Crippen LogP contribution is 2.32. The molecule has 3 N–H and O–H groups in total. The molecule has 3 rings (SSSR count). The number of carbonyl (C=O) groups is 2. The van der Waals surface area contributed by atoms with Crippen LogP contribution in [0, 0.1) is 5.92 Å². The van der Waals surface area contributed by atoms with E-state index in [0.29, 0.717) is 12.8 Å². The quantitative estimate of drug-likeness (QED) is 0.369. The Kier molecular flexibility index (Phi) is 9.26. The van der Waals surface area contributed by atoms with Gasteiger partial charge in [-0.25, -0.2) is 8.42 Å². The first-order chi connectivity index (χ1) is 16.3. The molecule has 1 aliphatic carbocycles. The third kappa shape index (κ3) is 7.68. The van der Waals surface area contributed by atoms with Gasteiger partial charge in [-0.15, -0.1) is 0 Å². The fourth-order valence-corrected chi connectivity index (χ4v) is 5.13. The largest absolute Gasteiger partial charge is 0.452 e. The Balaban J connectivity index is 1.72. The van der Waals surface area contributed by atoms with Crippen LogP contribution >= 0.6 is 0 Å². The lowest BCUT2D eigenvalue weighted by atomic mass is 10.0. The minimum absolute atomic E-state index is 0.0231. The van der Waals surface area contributed by atoms with Gasteiger partial charge < -0.3 is 20.2 Å². The number of rotatable bonds is 14. The van der Waals surface area contributed by atoms with E-state index >= 15 is 0 Å². The summed E-state index contributed by atoms with van der Waals surface area (Å²) in [6.07, 6.45) is 3.04. The number of hydrogen-bond donors (Lipinski definition) is 3. The Morgan fingerprint density at radius 1 is 1.12 bits per heavy atom. The summed E-state index contributed by atoms with van der Waals surface area (Å²) in [6.45, 7) is 0.116. The Morgan fingerprint density at radius 3 is 2.44 bits per heavy atom. The number of hydrogen-bond acceptors (Lipinski definition) is 6. The van der Waals surface area contributed by atoms with Crippen molar-refractivity contribution >= 4 is 21.8 Å². The number of amides is 2. The van der Waals surface area contributed by atoms with E-state index in [0.717, 1.165) is 18.4 Å². The second-order valence-corrected chi connectivity index (χ2v) is 10.5. The fourth-order valence-electron chi connectivity index (χ4n) is 3.69. The van der Waals surface area contributed by atoms with Crippen LogP contribution in [0.15, 0.2) is 58.2 Å². The van der Waals surface area contributed by atoms with Gasteiger partial charge in [0.25, 0.3) is 10.0 Å². The maximum absolute atomic E-state index is 13.1. The van der Waals surface area contributed by atoms with E-state index in [1.165, 1.54) is 29.7 Å². The highest BCUT2D eigenvalue weighted by molar-refractivity contribution is 7.89. The van der Waals surface area contributed by atoms with Crippen molar-refractivity contribution in [2.24, 2.45) is 5.92 Å². The number of nitrogens with one attached hydrogen (secondary N) is 2. The maximum Gasteiger partial charge on any atom is 0.276 e. The summed E-state index contributed by atoms with van der Waals surface area (Å²) >= 11 is 0. The Hall–Kier alpha value is -2.69. The summed E-state index contributed by atoms with van der Waals surface area (Å²) in [5.74, 6) is -0.373. The molecule has 1 saturated carbocycles. The zero-order valence-electron chi connectivity index (χ0n) is 19.4. The lowest BCUT2D eigenvalue weighted by Crippen LogP contribution is -2.50. The second kappa shape index (κ2) is 12.1. The molecule has 1 aromatic carbocycles. The number of aryl methyl sites for hydroxylation is 1. The van der Waals surface area contributed by atoms with E-state index in [4.69, 9.17) is 4.42 Å². The van der Waals surface area contributed by atoms with Crippen molar-refractivity contribution in [3.8, 4) is 0 Å². The second-order valence-electron chi connectivity index (χ2n) is 8.64. The Morgan fingerprint density at radius 2 is 1.82 bits per heavy atom. The number of benzene rings is 1. The van der Waals surface area contributed by atoms with Crippen LogP contribution in [0.1, 0.15) is 37.7 Å². The summed E-state index contributed by atoms with van der Waals surface area (Å²) < 4.78 is 32.6. The van der Waals surface area contributed by atoms with Crippen LogP contribution < -0.4 is 10.6 Å². The van der Waals surface area contributed by atoms with Gasteiger partial charge in [0.1, 0.15) is 0 Å². The van der Waals surface area contributed by atoms with Crippen LogP contribution in [-0.2, 0) is 26.0 Å². The summed E-state index contributed by atoms with van der Waals surface area (Å²) in [6, 6.07) is 11.8. The molecule has 0 spiro atoms. The summed E-state index contributed by atoms with van der Waals surface area (Å²) in [4.78, 5) is 24.0. The molecule has 2 amide bonds. The smallest absolute Gasteiger partial charge is 0.276 e. The Bertz CT molecular complexity index is 1020. The number of sulfonamides is 1. The van der Waals surface area contributed by atoms with Gasteiger partial charge in [-0.1, -0.05) is 30.3 Å². The highest BCUT2D eigenvalue weighted by atomic mass is 32.2. The van der Waals surface area contributed by atoms with E-state index < -0.39 is 22.2 Å². The van der Waals surface area contributed by atoms with Crippen molar-refractivity contribution in [2.75, 3.05) is 20.1 Å². The van der Waals surface area contributed by atoms with Gasteiger partial charge in [-0.2, -0.15) is 4.31 Å². The van der Waals surface area contributed by atoms with Crippen molar-refractivity contribution in [1.82, 2.24) is 14.9 Å². The first kappa shape index (κ1) is 25.9. The summed E-state index contributed by atoms with van der Waals surface area (Å²) in [5, 5.41) is 16.2. The van der Waals surface area contributed by atoms with Crippen LogP contribution in [0.3, 0.4) is 0 Å². The molecule has 0 unspecified atom stereocenters. The molecule has 186 valence electrons. The van der Waals surface area contributed by atoms with Gasteiger partial charge in [-0.3, -0.25) is 9.59 Å². The first-order valence-corrected chi connectivity index (χ1v) is 13.0. The Labute approximate surface area is 200 Å². The topological polar surface area (TPSA) is 129 Å². The number of aliphatic hydroxyl groups is 1. The third-order valence-electron chi connectivity index (χ3n) is 5.89. The molecule has 0 saturated heterocycles. The maximum atomic E-state index is 13.1. The molecule has 1 heterocycles. The first-order valence-electron chi connectivity index (χ1n) is 11.5. The van der Waals surface area contributed by atoms with Gasteiger partial charge >= 0.3 is 0 Å². The van der Waals surface area contributed by atoms with Gasteiger partial charge in [-0.05, 0) is 49.3 Å². The van der Waals surface area contributed by atoms with E-state index in [-0.39, 0.29) is 48.8 Å². The minimum atomic E-state index is -3.92. The molecule has 34 heavy (non-hydrogen) atoms. The van der Waals surface area contributed by atoms with Crippen LogP contribution in [0.5, 0.6) is 0 Å². The van der Waals surface area contributed by atoms with Crippen molar-refractivity contribution in [3.05, 3.63) is 54.3 Å². The molecule has 9 nitrogen and oxygen atoms in total. The molecule has 2 atom stereocenters. The number of furan rings is 1. The van der Waals surface area contributed by atoms with Gasteiger partial charge in [0.2, 0.25) is 16.9 Å². The molecule has 1 fully saturated rings. The third-order valence-corrected chi connectivity index (χ3v) is 7.61. The van der Waals surface area contributed by atoms with E-state index in [9.17, 15) is 23.1 Å². The van der Waals surface area contributed by atoms with Crippen LogP contribution in [0.25, 0.3) is 0 Å². The van der Waals surface area contributed by atoms with Crippen molar-refractivity contribution in [3.63, 3.8) is 0 Å². The van der Waals surface area contributed by atoms with Gasteiger partial charge in [0.15, 0.2) is 0 Å². The average Bonchev–Trinajstić information content (AvgIpc) is 3.47. The predicted octanol–water partition coefficient (Wildman–Crippen LogP) is 1.68. The molecule has 0 aliphatic heterocycles. The zero-order chi connectivity index (χ0) is 24.6. The van der Waals surface area contributed by atoms with Crippen LogP contribution in [0.2, 0.25) is 0 Å². The molecular weight excluding hydrogens is 458 g/mol. The van der Waals surface area contributed by atoms with Crippen LogP contribution in [-0.4, -0.2) is 61.9 Å². The monoisotopic (exact) mass is 491 g/mol. The molecule has 2 aromatic rings. The van der Waals surface area contributed by atoms with Crippen LogP contribution in [0.4, 0.5) is 0 Å². The molecule has 0 radical (unpaired) electrons. The molecular formula is C24H33N3O6S. The number of nitrogens with zero attached hydrogens (tertiary/aromatic N) is 1. The van der Waals surface area contributed by atoms with E-state index in [1.807, 2.05) is 30.3 Å². The van der Waals surface area contributed by atoms with Crippen molar-refractivity contribution in [2.45, 2.75) is 55.8 Å². The van der Waals surface area contributed by atoms with E-state index in [2.05, 4.69) is 10.6 Å². The lowest BCUT2D eigenvalue weighted by molar-refractivity contribution is -0.127. The average molecular weight is 492 g/mol.